The Hall–Kier alpha value is -3.50. The summed E-state index contributed by atoms with van der Waals surface area (Å²) in [5, 5.41) is 12.2. The zero-order valence-electron chi connectivity index (χ0n) is 14.4. The fourth-order valence-corrected chi connectivity index (χ4v) is 3.32. The highest BCUT2D eigenvalue weighted by molar-refractivity contribution is 7.17. The van der Waals surface area contributed by atoms with E-state index in [1.807, 2.05) is 36.4 Å². The highest BCUT2D eigenvalue weighted by atomic mass is 32.1. The second-order valence-electron chi connectivity index (χ2n) is 5.62. The number of nitrogens with one attached hydrogen (secondary N) is 1. The van der Waals surface area contributed by atoms with Crippen LogP contribution in [0.1, 0.15) is 20.9 Å². The molecule has 134 valence electrons. The summed E-state index contributed by atoms with van der Waals surface area (Å²) in [6, 6.07) is 18.0. The van der Waals surface area contributed by atoms with Crippen LogP contribution in [0.3, 0.4) is 0 Å². The Bertz CT molecular complexity index is 1020. The van der Waals surface area contributed by atoms with E-state index in [-0.39, 0.29) is 0 Å². The number of hydrogen-bond acceptors (Lipinski definition) is 6. The van der Waals surface area contributed by atoms with Gasteiger partial charge in [0.2, 0.25) is 0 Å². The normalized spacial score (nSPS) is 10.1. The molecule has 3 aromatic rings. The van der Waals surface area contributed by atoms with Crippen LogP contribution in [0.25, 0.3) is 10.6 Å². The van der Waals surface area contributed by atoms with Crippen molar-refractivity contribution in [3.63, 3.8) is 0 Å². The summed E-state index contributed by atoms with van der Waals surface area (Å²) in [4.78, 5) is 29.0. The lowest BCUT2D eigenvalue weighted by Crippen LogP contribution is -2.20. The van der Waals surface area contributed by atoms with Gasteiger partial charge in [-0.2, -0.15) is 5.26 Å². The Kier molecular flexibility index (Phi) is 5.59. The summed E-state index contributed by atoms with van der Waals surface area (Å²) in [5.74, 6) is -1.07. The summed E-state index contributed by atoms with van der Waals surface area (Å²) < 4.78 is 5.10. The first-order valence-corrected chi connectivity index (χ1v) is 8.88. The molecule has 0 spiro atoms. The van der Waals surface area contributed by atoms with Crippen molar-refractivity contribution in [1.82, 2.24) is 4.98 Å². The standard InChI is InChI=1S/C20H15N3O3S/c1-13-18(27-19(22-13)15-7-3-2-4-8-15)20(25)26-12-17(24)23-16-9-5-6-14(10-16)11-21/h2-10H,12H2,1H3,(H,23,24). The van der Waals surface area contributed by atoms with Crippen molar-refractivity contribution in [3.05, 3.63) is 70.7 Å². The Balaban J connectivity index is 1.61. The van der Waals surface area contributed by atoms with Crippen molar-refractivity contribution in [2.75, 3.05) is 11.9 Å². The second kappa shape index (κ2) is 8.25. The molecule has 27 heavy (non-hydrogen) atoms. The van der Waals surface area contributed by atoms with Gasteiger partial charge in [-0.05, 0) is 25.1 Å². The SMILES string of the molecule is Cc1nc(-c2ccccc2)sc1C(=O)OCC(=O)Nc1cccc(C#N)c1. The van der Waals surface area contributed by atoms with Crippen LogP contribution in [0.15, 0.2) is 54.6 Å². The smallest absolute Gasteiger partial charge is 0.350 e. The van der Waals surface area contributed by atoms with Crippen LogP contribution in [0.2, 0.25) is 0 Å². The molecular weight excluding hydrogens is 362 g/mol. The van der Waals surface area contributed by atoms with Crippen LogP contribution in [0, 0.1) is 18.3 Å². The van der Waals surface area contributed by atoms with Crippen molar-refractivity contribution in [1.29, 1.82) is 5.26 Å². The summed E-state index contributed by atoms with van der Waals surface area (Å²) in [7, 11) is 0. The Labute approximate surface area is 160 Å². The summed E-state index contributed by atoms with van der Waals surface area (Å²) in [5.41, 5.74) is 2.37. The highest BCUT2D eigenvalue weighted by Crippen LogP contribution is 2.28. The van der Waals surface area contributed by atoms with E-state index in [9.17, 15) is 9.59 Å². The van der Waals surface area contributed by atoms with Crippen LogP contribution in [-0.2, 0) is 9.53 Å². The summed E-state index contributed by atoms with van der Waals surface area (Å²) >= 11 is 1.23. The van der Waals surface area contributed by atoms with Crippen LogP contribution in [0.5, 0.6) is 0 Å². The van der Waals surface area contributed by atoms with E-state index >= 15 is 0 Å². The number of aryl methyl sites for hydroxylation is 1. The Morgan fingerprint density at radius 2 is 1.96 bits per heavy atom. The second-order valence-corrected chi connectivity index (χ2v) is 6.62. The van der Waals surface area contributed by atoms with Crippen LogP contribution >= 0.6 is 11.3 Å². The maximum absolute atomic E-state index is 12.3. The number of nitriles is 1. The third kappa shape index (κ3) is 4.57. The number of carbonyl (C=O) groups is 2. The number of aromatic nitrogens is 1. The molecule has 7 heteroatoms. The molecule has 6 nitrogen and oxygen atoms in total. The number of hydrogen-bond donors (Lipinski definition) is 1. The molecule has 0 radical (unpaired) electrons. The van der Waals surface area contributed by atoms with Gasteiger partial charge in [0.25, 0.3) is 5.91 Å². The molecule has 0 aliphatic heterocycles. The van der Waals surface area contributed by atoms with Crippen molar-refractivity contribution in [2.24, 2.45) is 0 Å². The minimum atomic E-state index is -0.590. The fourth-order valence-electron chi connectivity index (χ4n) is 2.35. The molecule has 0 aliphatic rings. The predicted molar refractivity (Wildman–Crippen MR) is 102 cm³/mol. The first-order chi connectivity index (χ1) is 13.1. The lowest BCUT2D eigenvalue weighted by atomic mass is 10.2. The van der Waals surface area contributed by atoms with Gasteiger partial charge in [-0.15, -0.1) is 11.3 Å². The number of nitrogens with zero attached hydrogens (tertiary/aromatic N) is 2. The molecule has 0 saturated heterocycles. The molecule has 1 heterocycles. The number of esters is 1. The third-order valence-corrected chi connectivity index (χ3v) is 4.80. The minimum absolute atomic E-state index is 0.369. The number of carbonyl (C=O) groups excluding carboxylic acids is 2. The molecule has 1 aromatic heterocycles. The van der Waals surface area contributed by atoms with Gasteiger partial charge in [0.05, 0.1) is 17.3 Å². The average Bonchev–Trinajstić information content (AvgIpc) is 3.09. The van der Waals surface area contributed by atoms with Gasteiger partial charge in [0.1, 0.15) is 9.88 Å². The molecule has 0 aliphatic carbocycles. The van der Waals surface area contributed by atoms with E-state index in [4.69, 9.17) is 10.00 Å². The van der Waals surface area contributed by atoms with Gasteiger partial charge in [-0.1, -0.05) is 36.4 Å². The first-order valence-electron chi connectivity index (χ1n) is 8.07. The molecule has 1 N–H and O–H groups in total. The maximum Gasteiger partial charge on any atom is 0.350 e. The van der Waals surface area contributed by atoms with Gasteiger partial charge in [-0.25, -0.2) is 9.78 Å². The number of amides is 1. The highest BCUT2D eigenvalue weighted by Gasteiger charge is 2.18. The van der Waals surface area contributed by atoms with E-state index in [0.29, 0.717) is 21.8 Å². The van der Waals surface area contributed by atoms with E-state index in [1.165, 1.54) is 11.3 Å². The molecule has 2 aromatic carbocycles. The molecule has 0 fully saturated rings. The summed E-state index contributed by atoms with van der Waals surface area (Å²) in [6.45, 7) is 1.31. The van der Waals surface area contributed by atoms with Gasteiger partial charge in [-0.3, -0.25) is 4.79 Å². The first kappa shape index (κ1) is 18.3. The average molecular weight is 377 g/mol. The zero-order valence-corrected chi connectivity index (χ0v) is 15.2. The van der Waals surface area contributed by atoms with Crippen LogP contribution in [0.4, 0.5) is 5.69 Å². The van der Waals surface area contributed by atoms with Gasteiger partial charge >= 0.3 is 5.97 Å². The summed E-state index contributed by atoms with van der Waals surface area (Å²) in [6.07, 6.45) is 0. The zero-order chi connectivity index (χ0) is 19.2. The number of anilines is 1. The topological polar surface area (TPSA) is 92.1 Å². The number of thiazole rings is 1. The van der Waals surface area contributed by atoms with Crippen molar-refractivity contribution < 1.29 is 14.3 Å². The molecule has 0 saturated carbocycles. The molecule has 0 unspecified atom stereocenters. The Morgan fingerprint density at radius 3 is 2.70 bits per heavy atom. The lowest BCUT2D eigenvalue weighted by molar-refractivity contribution is -0.119. The van der Waals surface area contributed by atoms with Crippen molar-refractivity contribution >= 4 is 28.9 Å². The molecular formula is C20H15N3O3S. The van der Waals surface area contributed by atoms with E-state index in [2.05, 4.69) is 10.3 Å². The van der Waals surface area contributed by atoms with Crippen molar-refractivity contribution in [2.45, 2.75) is 6.92 Å². The van der Waals surface area contributed by atoms with E-state index in [1.54, 1.807) is 31.2 Å². The number of ether oxygens (including phenoxy) is 1. The molecule has 1 amide bonds. The molecule has 0 bridgehead atoms. The van der Waals surface area contributed by atoms with Gasteiger partial charge in [0, 0.05) is 11.3 Å². The van der Waals surface area contributed by atoms with Crippen LogP contribution < -0.4 is 5.32 Å². The minimum Gasteiger partial charge on any atom is -0.451 e. The quantitative estimate of drug-likeness (QED) is 0.683. The maximum atomic E-state index is 12.3. The predicted octanol–water partition coefficient (Wildman–Crippen LogP) is 3.79. The molecule has 0 atom stereocenters. The van der Waals surface area contributed by atoms with Gasteiger partial charge in [0.15, 0.2) is 6.61 Å². The van der Waals surface area contributed by atoms with Gasteiger partial charge < -0.3 is 10.1 Å². The third-order valence-electron chi connectivity index (χ3n) is 3.61. The Morgan fingerprint density at radius 1 is 1.19 bits per heavy atom. The largest absolute Gasteiger partial charge is 0.451 e. The molecule has 3 rings (SSSR count). The lowest BCUT2D eigenvalue weighted by Gasteiger charge is -2.06. The number of benzene rings is 2. The van der Waals surface area contributed by atoms with Crippen LogP contribution in [-0.4, -0.2) is 23.5 Å². The van der Waals surface area contributed by atoms with Crippen molar-refractivity contribution in [3.8, 4) is 16.6 Å². The fraction of sp³-hybridized carbons (Fsp3) is 0.100. The number of rotatable bonds is 5. The monoisotopic (exact) mass is 377 g/mol. The van der Waals surface area contributed by atoms with E-state index < -0.39 is 18.5 Å². The van der Waals surface area contributed by atoms with E-state index in [0.717, 1.165) is 10.6 Å².